The molecule has 1 fully saturated rings. The van der Waals surface area contributed by atoms with Gasteiger partial charge in [-0.1, -0.05) is 37.3 Å². The smallest absolute Gasteiger partial charge is 0.332 e. The van der Waals surface area contributed by atoms with Crippen LogP contribution in [0, 0.1) is 0 Å². The first-order valence-corrected chi connectivity index (χ1v) is 5.81. The Labute approximate surface area is 101 Å². The van der Waals surface area contributed by atoms with Crippen LogP contribution in [0.25, 0.3) is 0 Å². The molecule has 0 aromatic heterocycles. The molecule has 0 spiro atoms. The Morgan fingerprint density at radius 2 is 2.12 bits per heavy atom. The maximum atomic E-state index is 10.7. The Morgan fingerprint density at radius 3 is 2.76 bits per heavy atom. The molecule has 0 bridgehead atoms. The van der Waals surface area contributed by atoms with Crippen LogP contribution in [-0.4, -0.2) is 11.7 Å². The normalized spacial score (nSPS) is 26.1. The second kappa shape index (κ2) is 4.57. The third-order valence-corrected chi connectivity index (χ3v) is 3.44. The standard InChI is InChI=1S/C13H17N3O/c1-13(10-6-3-2-4-7-10)9-5-8-11(13)15-16-12(14)17/h2-4,6-7H,5,8-9H2,1H3,(H3,14,16,17)/b15-11+/t13-/m0/s1. The van der Waals surface area contributed by atoms with Gasteiger partial charge in [-0.2, -0.15) is 5.10 Å². The van der Waals surface area contributed by atoms with Gasteiger partial charge in [0.25, 0.3) is 0 Å². The molecule has 0 heterocycles. The van der Waals surface area contributed by atoms with Crippen molar-refractivity contribution in [3.63, 3.8) is 0 Å². The minimum Gasteiger partial charge on any atom is -0.350 e. The summed E-state index contributed by atoms with van der Waals surface area (Å²) in [5.74, 6) is 0. The van der Waals surface area contributed by atoms with E-state index in [-0.39, 0.29) is 5.41 Å². The summed E-state index contributed by atoms with van der Waals surface area (Å²) >= 11 is 0. The predicted molar refractivity (Wildman–Crippen MR) is 67.8 cm³/mol. The van der Waals surface area contributed by atoms with Gasteiger partial charge in [0.1, 0.15) is 0 Å². The molecule has 1 saturated carbocycles. The lowest BCUT2D eigenvalue weighted by atomic mass is 9.80. The molecule has 1 aliphatic rings. The molecule has 0 aliphatic heterocycles. The van der Waals surface area contributed by atoms with Gasteiger partial charge in [-0.25, -0.2) is 10.2 Å². The van der Waals surface area contributed by atoms with Crippen molar-refractivity contribution >= 4 is 11.7 Å². The van der Waals surface area contributed by atoms with Crippen LogP contribution in [0.5, 0.6) is 0 Å². The van der Waals surface area contributed by atoms with Gasteiger partial charge in [0.15, 0.2) is 0 Å². The highest BCUT2D eigenvalue weighted by atomic mass is 16.2. The fourth-order valence-corrected chi connectivity index (χ4v) is 2.45. The number of benzene rings is 1. The summed E-state index contributed by atoms with van der Waals surface area (Å²) in [5.41, 5.74) is 9.54. The lowest BCUT2D eigenvalue weighted by Gasteiger charge is -2.25. The average molecular weight is 231 g/mol. The average Bonchev–Trinajstić information content (AvgIpc) is 2.70. The summed E-state index contributed by atoms with van der Waals surface area (Å²) in [6.45, 7) is 2.16. The predicted octanol–water partition coefficient (Wildman–Crippen LogP) is 2.15. The van der Waals surface area contributed by atoms with E-state index >= 15 is 0 Å². The van der Waals surface area contributed by atoms with E-state index in [0.717, 1.165) is 25.0 Å². The highest BCUT2D eigenvalue weighted by Gasteiger charge is 2.37. The Kier molecular flexibility index (Phi) is 3.13. The maximum absolute atomic E-state index is 10.7. The van der Waals surface area contributed by atoms with Gasteiger partial charge in [0, 0.05) is 11.1 Å². The molecule has 90 valence electrons. The van der Waals surface area contributed by atoms with E-state index in [0.29, 0.717) is 0 Å². The van der Waals surface area contributed by atoms with Crippen LogP contribution in [0.15, 0.2) is 35.4 Å². The summed E-state index contributed by atoms with van der Waals surface area (Å²) in [4.78, 5) is 10.7. The summed E-state index contributed by atoms with van der Waals surface area (Å²) in [6, 6.07) is 9.65. The number of carbonyl (C=O) groups excluding carboxylic acids is 1. The number of hydrogen-bond acceptors (Lipinski definition) is 2. The van der Waals surface area contributed by atoms with Crippen LogP contribution in [0.4, 0.5) is 4.79 Å². The quantitative estimate of drug-likeness (QED) is 0.752. The van der Waals surface area contributed by atoms with E-state index in [9.17, 15) is 4.79 Å². The van der Waals surface area contributed by atoms with E-state index in [1.165, 1.54) is 5.56 Å². The van der Waals surface area contributed by atoms with E-state index in [4.69, 9.17) is 5.73 Å². The number of hydrogen-bond donors (Lipinski definition) is 2. The molecule has 1 atom stereocenters. The number of urea groups is 1. The molecule has 0 unspecified atom stereocenters. The summed E-state index contributed by atoms with van der Waals surface area (Å²) < 4.78 is 0. The molecular formula is C13H17N3O. The Bertz CT molecular complexity index is 441. The highest BCUT2D eigenvalue weighted by molar-refractivity contribution is 5.97. The van der Waals surface area contributed by atoms with E-state index in [1.807, 2.05) is 18.2 Å². The van der Waals surface area contributed by atoms with Crippen molar-refractivity contribution in [2.24, 2.45) is 10.8 Å². The van der Waals surface area contributed by atoms with E-state index in [2.05, 4.69) is 29.6 Å². The Hall–Kier alpha value is -1.84. The third-order valence-electron chi connectivity index (χ3n) is 3.44. The summed E-state index contributed by atoms with van der Waals surface area (Å²) in [7, 11) is 0. The minimum absolute atomic E-state index is 0.0797. The third kappa shape index (κ3) is 2.30. The lowest BCUT2D eigenvalue weighted by molar-refractivity contribution is 0.249. The number of carbonyl (C=O) groups is 1. The van der Waals surface area contributed by atoms with Crippen molar-refractivity contribution in [2.45, 2.75) is 31.6 Å². The molecule has 1 aliphatic carbocycles. The van der Waals surface area contributed by atoms with Crippen molar-refractivity contribution in [1.82, 2.24) is 5.43 Å². The van der Waals surface area contributed by atoms with Gasteiger partial charge in [0.2, 0.25) is 0 Å². The van der Waals surface area contributed by atoms with Gasteiger partial charge in [-0.15, -0.1) is 0 Å². The minimum atomic E-state index is -0.611. The molecule has 3 N–H and O–H groups in total. The van der Waals surface area contributed by atoms with Gasteiger partial charge in [-0.3, -0.25) is 0 Å². The molecule has 17 heavy (non-hydrogen) atoms. The first-order chi connectivity index (χ1) is 8.13. The second-order valence-corrected chi connectivity index (χ2v) is 4.59. The molecule has 4 nitrogen and oxygen atoms in total. The molecule has 2 rings (SSSR count). The van der Waals surface area contributed by atoms with Crippen LogP contribution in [-0.2, 0) is 5.41 Å². The fraction of sp³-hybridized carbons (Fsp3) is 0.385. The molecular weight excluding hydrogens is 214 g/mol. The van der Waals surface area contributed by atoms with Gasteiger partial charge >= 0.3 is 6.03 Å². The molecule has 1 aromatic carbocycles. The van der Waals surface area contributed by atoms with Gasteiger partial charge in [-0.05, 0) is 24.8 Å². The number of rotatable bonds is 2. The van der Waals surface area contributed by atoms with Crippen molar-refractivity contribution in [3.05, 3.63) is 35.9 Å². The number of amides is 2. The highest BCUT2D eigenvalue weighted by Crippen LogP contribution is 2.38. The van der Waals surface area contributed by atoms with Crippen molar-refractivity contribution in [3.8, 4) is 0 Å². The van der Waals surface area contributed by atoms with Crippen LogP contribution in [0.3, 0.4) is 0 Å². The summed E-state index contributed by atoms with van der Waals surface area (Å²) in [6.07, 6.45) is 3.05. The lowest BCUT2D eigenvalue weighted by Crippen LogP contribution is -2.32. The maximum Gasteiger partial charge on any atom is 0.332 e. The fourth-order valence-electron chi connectivity index (χ4n) is 2.45. The van der Waals surface area contributed by atoms with Crippen LogP contribution in [0.2, 0.25) is 0 Å². The number of nitrogens with one attached hydrogen (secondary N) is 1. The SMILES string of the molecule is C[C@@]1(c2ccccc2)CCC/C1=N\NC(N)=O. The molecule has 2 amide bonds. The Balaban J connectivity index is 2.29. The second-order valence-electron chi connectivity index (χ2n) is 4.59. The topological polar surface area (TPSA) is 67.5 Å². The number of primary amides is 1. The first-order valence-electron chi connectivity index (χ1n) is 5.81. The zero-order valence-electron chi connectivity index (χ0n) is 9.94. The summed E-state index contributed by atoms with van der Waals surface area (Å²) in [5, 5.41) is 4.14. The Morgan fingerprint density at radius 1 is 1.41 bits per heavy atom. The van der Waals surface area contributed by atoms with E-state index < -0.39 is 6.03 Å². The van der Waals surface area contributed by atoms with E-state index in [1.54, 1.807) is 0 Å². The van der Waals surface area contributed by atoms with Gasteiger partial charge in [0.05, 0.1) is 0 Å². The van der Waals surface area contributed by atoms with Gasteiger partial charge < -0.3 is 5.73 Å². The first kappa shape index (κ1) is 11.6. The zero-order valence-corrected chi connectivity index (χ0v) is 9.94. The molecule has 4 heteroatoms. The van der Waals surface area contributed by atoms with Crippen LogP contribution in [0.1, 0.15) is 31.7 Å². The van der Waals surface area contributed by atoms with Crippen LogP contribution < -0.4 is 11.2 Å². The number of nitrogens with two attached hydrogens (primary N) is 1. The van der Waals surface area contributed by atoms with Crippen molar-refractivity contribution in [2.75, 3.05) is 0 Å². The molecule has 0 saturated heterocycles. The zero-order chi connectivity index (χ0) is 12.3. The molecule has 1 aromatic rings. The monoisotopic (exact) mass is 231 g/mol. The largest absolute Gasteiger partial charge is 0.350 e. The van der Waals surface area contributed by atoms with Crippen molar-refractivity contribution in [1.29, 1.82) is 0 Å². The number of hydrazone groups is 1. The van der Waals surface area contributed by atoms with Crippen molar-refractivity contribution < 1.29 is 4.79 Å². The number of nitrogens with zero attached hydrogens (tertiary/aromatic N) is 1. The van der Waals surface area contributed by atoms with Crippen LogP contribution >= 0.6 is 0 Å². The molecule has 0 radical (unpaired) electrons.